The molecule has 0 unspecified atom stereocenters. The minimum atomic E-state index is -0.113. The van der Waals surface area contributed by atoms with Crippen LogP contribution in [0.2, 0.25) is 10.0 Å². The lowest BCUT2D eigenvalue weighted by Gasteiger charge is -2.31. The van der Waals surface area contributed by atoms with Crippen LogP contribution in [0, 0.1) is 5.92 Å². The molecule has 3 heterocycles. The molecule has 1 aromatic carbocycles. The summed E-state index contributed by atoms with van der Waals surface area (Å²) in [5, 5.41) is 1.54. The smallest absolute Gasteiger partial charge is 0.259 e. The van der Waals surface area contributed by atoms with Crippen molar-refractivity contribution in [3.05, 3.63) is 50.9 Å². The number of aromatic nitrogens is 2. The van der Waals surface area contributed by atoms with Gasteiger partial charge in [0.05, 0.1) is 20.9 Å². The number of aromatic amines is 2. The molecule has 0 radical (unpaired) electrons. The van der Waals surface area contributed by atoms with E-state index in [0.29, 0.717) is 15.4 Å². The van der Waals surface area contributed by atoms with Gasteiger partial charge in [-0.1, -0.05) is 42.3 Å². The summed E-state index contributed by atoms with van der Waals surface area (Å²) in [6, 6.07) is 7.45. The average molecular weight is 376 g/mol. The molecule has 4 nitrogen and oxygen atoms in total. The zero-order valence-electron chi connectivity index (χ0n) is 13.9. The lowest BCUT2D eigenvalue weighted by atomic mass is 9.99. The summed E-state index contributed by atoms with van der Waals surface area (Å²) < 4.78 is 0. The molecular formula is C19H19Cl2N3O. The summed E-state index contributed by atoms with van der Waals surface area (Å²) in [5.74, 6) is 1.61. The monoisotopic (exact) mass is 375 g/mol. The molecule has 0 aliphatic carbocycles. The van der Waals surface area contributed by atoms with Gasteiger partial charge in [-0.05, 0) is 24.8 Å². The third-order valence-electron chi connectivity index (χ3n) is 5.03. The van der Waals surface area contributed by atoms with E-state index in [0.717, 1.165) is 54.3 Å². The maximum Gasteiger partial charge on any atom is 0.259 e. The van der Waals surface area contributed by atoms with Crippen molar-refractivity contribution in [3.8, 4) is 11.1 Å². The van der Waals surface area contributed by atoms with Gasteiger partial charge in [-0.3, -0.25) is 4.79 Å². The highest BCUT2D eigenvalue weighted by atomic mass is 35.5. The van der Waals surface area contributed by atoms with E-state index in [-0.39, 0.29) is 5.56 Å². The number of nitrogens with one attached hydrogen (secondary N) is 2. The summed E-state index contributed by atoms with van der Waals surface area (Å²) in [6.07, 6.45) is 4.11. The number of benzene rings is 1. The predicted octanol–water partition coefficient (Wildman–Crippen LogP) is 5.07. The van der Waals surface area contributed by atoms with E-state index in [9.17, 15) is 4.79 Å². The van der Waals surface area contributed by atoms with Gasteiger partial charge in [-0.2, -0.15) is 0 Å². The van der Waals surface area contributed by atoms with E-state index in [1.807, 2.05) is 24.4 Å². The standard InChI is InChI=1S/C19H19Cl2N3O/c1-11-5-7-24(8-6-11)16-9-15-17(19(25)23-16)13(10-22-15)12-3-2-4-14(20)18(12)21/h2-4,9-11,22H,5-8H2,1H3,(H,23,25). The van der Waals surface area contributed by atoms with Crippen LogP contribution in [0.1, 0.15) is 19.8 Å². The van der Waals surface area contributed by atoms with E-state index in [1.54, 1.807) is 6.07 Å². The molecule has 1 saturated heterocycles. The largest absolute Gasteiger partial charge is 0.360 e. The minimum Gasteiger partial charge on any atom is -0.360 e. The maximum atomic E-state index is 12.8. The van der Waals surface area contributed by atoms with Crippen molar-refractivity contribution in [2.75, 3.05) is 18.0 Å². The van der Waals surface area contributed by atoms with Gasteiger partial charge >= 0.3 is 0 Å². The highest BCUT2D eigenvalue weighted by molar-refractivity contribution is 6.43. The van der Waals surface area contributed by atoms with Crippen molar-refractivity contribution in [2.24, 2.45) is 5.92 Å². The minimum absolute atomic E-state index is 0.113. The van der Waals surface area contributed by atoms with Crippen LogP contribution in [0.3, 0.4) is 0 Å². The highest BCUT2D eigenvalue weighted by Crippen LogP contribution is 2.36. The van der Waals surface area contributed by atoms with Gasteiger partial charge in [0, 0.05) is 36.5 Å². The second-order valence-electron chi connectivity index (χ2n) is 6.75. The lowest BCUT2D eigenvalue weighted by molar-refractivity contribution is 0.436. The Morgan fingerprint density at radius 2 is 1.92 bits per heavy atom. The van der Waals surface area contributed by atoms with Crippen LogP contribution < -0.4 is 10.5 Å². The Labute approximate surface area is 155 Å². The number of H-pyrrole nitrogens is 2. The van der Waals surface area contributed by atoms with Gasteiger partial charge in [0.15, 0.2) is 0 Å². The fraction of sp³-hybridized carbons (Fsp3) is 0.316. The first-order valence-electron chi connectivity index (χ1n) is 8.48. The van der Waals surface area contributed by atoms with E-state index < -0.39 is 0 Å². The quantitative estimate of drug-likeness (QED) is 0.656. The first kappa shape index (κ1) is 16.6. The van der Waals surface area contributed by atoms with Crippen molar-refractivity contribution in [1.29, 1.82) is 0 Å². The molecule has 0 amide bonds. The first-order chi connectivity index (χ1) is 12.0. The van der Waals surface area contributed by atoms with Crippen LogP contribution in [-0.4, -0.2) is 23.1 Å². The number of hydrogen-bond acceptors (Lipinski definition) is 2. The fourth-order valence-corrected chi connectivity index (χ4v) is 3.90. The summed E-state index contributed by atoms with van der Waals surface area (Å²) in [7, 11) is 0. The molecule has 0 atom stereocenters. The van der Waals surface area contributed by atoms with Gasteiger partial charge in [-0.15, -0.1) is 0 Å². The molecule has 6 heteroatoms. The molecular weight excluding hydrogens is 357 g/mol. The Hall–Kier alpha value is -1.91. The SMILES string of the molecule is CC1CCN(c2cc3[nH]cc(-c4cccc(Cl)c4Cl)c3c(=O)[nH]2)CC1. The number of rotatable bonds is 2. The zero-order chi connectivity index (χ0) is 17.6. The van der Waals surface area contributed by atoms with Crippen molar-refractivity contribution in [2.45, 2.75) is 19.8 Å². The van der Waals surface area contributed by atoms with E-state index in [2.05, 4.69) is 21.8 Å². The van der Waals surface area contributed by atoms with Crippen LogP contribution in [-0.2, 0) is 0 Å². The van der Waals surface area contributed by atoms with Crippen molar-refractivity contribution < 1.29 is 0 Å². The summed E-state index contributed by atoms with van der Waals surface area (Å²) >= 11 is 12.5. The van der Waals surface area contributed by atoms with Gasteiger partial charge in [-0.25, -0.2) is 0 Å². The Bertz CT molecular complexity index is 984. The second kappa shape index (κ2) is 6.43. The molecule has 1 aliphatic rings. The number of halogens is 2. The molecule has 3 aromatic rings. The number of piperidine rings is 1. The van der Waals surface area contributed by atoms with Gasteiger partial charge in [0.25, 0.3) is 5.56 Å². The topological polar surface area (TPSA) is 51.9 Å². The predicted molar refractivity (Wildman–Crippen MR) is 105 cm³/mol. The van der Waals surface area contributed by atoms with Crippen molar-refractivity contribution in [3.63, 3.8) is 0 Å². The van der Waals surface area contributed by atoms with Gasteiger partial charge in [0.1, 0.15) is 5.82 Å². The number of anilines is 1. The van der Waals surface area contributed by atoms with Crippen LogP contribution in [0.4, 0.5) is 5.82 Å². The van der Waals surface area contributed by atoms with Crippen LogP contribution in [0.25, 0.3) is 22.0 Å². The first-order valence-corrected chi connectivity index (χ1v) is 9.24. The second-order valence-corrected chi connectivity index (χ2v) is 7.53. The molecule has 0 bridgehead atoms. The van der Waals surface area contributed by atoms with Crippen LogP contribution in [0.5, 0.6) is 0 Å². The van der Waals surface area contributed by atoms with Gasteiger partial charge in [0.2, 0.25) is 0 Å². The molecule has 25 heavy (non-hydrogen) atoms. The fourth-order valence-electron chi connectivity index (χ4n) is 3.49. The van der Waals surface area contributed by atoms with E-state index in [4.69, 9.17) is 23.2 Å². The molecule has 0 spiro atoms. The Morgan fingerprint density at radius 1 is 1.16 bits per heavy atom. The molecule has 1 aliphatic heterocycles. The van der Waals surface area contributed by atoms with Crippen LogP contribution in [0.15, 0.2) is 35.3 Å². The molecule has 4 rings (SSSR count). The zero-order valence-corrected chi connectivity index (χ0v) is 15.4. The summed E-state index contributed by atoms with van der Waals surface area (Å²) in [4.78, 5) is 21.3. The number of fused-ring (bicyclic) bond motifs is 1. The molecule has 130 valence electrons. The Balaban J connectivity index is 1.80. The molecule has 1 fully saturated rings. The molecule has 2 N–H and O–H groups in total. The normalized spacial score (nSPS) is 15.9. The third kappa shape index (κ3) is 2.94. The Kier molecular flexibility index (Phi) is 4.26. The highest BCUT2D eigenvalue weighted by Gasteiger charge is 2.19. The lowest BCUT2D eigenvalue weighted by Crippen LogP contribution is -2.34. The number of nitrogens with zero attached hydrogens (tertiary/aromatic N) is 1. The van der Waals surface area contributed by atoms with Crippen LogP contribution >= 0.6 is 23.2 Å². The van der Waals surface area contributed by atoms with E-state index >= 15 is 0 Å². The van der Waals surface area contributed by atoms with Crippen molar-refractivity contribution in [1.82, 2.24) is 9.97 Å². The number of pyridine rings is 1. The molecule has 2 aromatic heterocycles. The third-order valence-corrected chi connectivity index (χ3v) is 5.85. The van der Waals surface area contributed by atoms with E-state index in [1.165, 1.54) is 0 Å². The summed E-state index contributed by atoms with van der Waals surface area (Å²) in [5.41, 5.74) is 2.22. The number of hydrogen-bond donors (Lipinski definition) is 2. The maximum absolute atomic E-state index is 12.8. The molecule has 0 saturated carbocycles. The van der Waals surface area contributed by atoms with Gasteiger partial charge < -0.3 is 14.9 Å². The summed E-state index contributed by atoms with van der Waals surface area (Å²) in [6.45, 7) is 4.21. The Morgan fingerprint density at radius 3 is 2.68 bits per heavy atom. The average Bonchev–Trinajstić information content (AvgIpc) is 3.02. The van der Waals surface area contributed by atoms with Crippen molar-refractivity contribution >= 4 is 39.9 Å².